The summed E-state index contributed by atoms with van der Waals surface area (Å²) >= 11 is 0. The van der Waals surface area contributed by atoms with Gasteiger partial charge in [0.05, 0.1) is 12.6 Å². The first-order valence-corrected chi connectivity index (χ1v) is 4.40. The van der Waals surface area contributed by atoms with E-state index in [0.717, 1.165) is 16.7 Å². The third-order valence-corrected chi connectivity index (χ3v) is 1.99. The van der Waals surface area contributed by atoms with E-state index in [1.54, 1.807) is 0 Å². The Morgan fingerprint density at radius 3 is 2.36 bits per heavy atom. The van der Waals surface area contributed by atoms with E-state index in [0.29, 0.717) is 0 Å². The van der Waals surface area contributed by atoms with Gasteiger partial charge >= 0.3 is 0 Å². The van der Waals surface area contributed by atoms with Crippen LogP contribution in [0.15, 0.2) is 23.3 Å². The third-order valence-electron chi connectivity index (χ3n) is 1.99. The molecule has 0 aromatic heterocycles. The molecule has 74 valence electrons. The molecule has 0 aliphatic carbocycles. The summed E-state index contributed by atoms with van der Waals surface area (Å²) in [4.78, 5) is 2.71. The summed E-state index contributed by atoms with van der Waals surface area (Å²) in [7, 11) is 0. The van der Waals surface area contributed by atoms with Gasteiger partial charge in [-0.15, -0.1) is 0 Å². The molecule has 4 heteroatoms. The second-order valence-corrected chi connectivity index (χ2v) is 3.32. The molecule has 0 radical (unpaired) electrons. The van der Waals surface area contributed by atoms with Gasteiger partial charge in [-0.25, -0.2) is 0 Å². The fourth-order valence-corrected chi connectivity index (χ4v) is 1.47. The van der Waals surface area contributed by atoms with Crippen molar-refractivity contribution in [2.75, 3.05) is 6.61 Å². The van der Waals surface area contributed by atoms with Crippen molar-refractivity contribution in [1.29, 1.82) is 0 Å². The van der Waals surface area contributed by atoms with Crippen LogP contribution < -0.4 is 0 Å². The van der Waals surface area contributed by atoms with Crippen LogP contribution in [0, 0.1) is 13.8 Å². The molecule has 1 unspecified atom stereocenters. The smallest absolute Gasteiger partial charge is 0.0856 e. The third kappa shape index (κ3) is 2.49. The average molecular weight is 191 g/mol. The molecule has 0 saturated carbocycles. The Labute approximate surface area is 82.8 Å². The molecule has 4 nitrogen and oxygen atoms in total. The predicted molar refractivity (Wildman–Crippen MR) is 54.9 cm³/mol. The molecule has 0 aliphatic rings. The summed E-state index contributed by atoms with van der Waals surface area (Å²) in [6.07, 6.45) is 0. The van der Waals surface area contributed by atoms with Gasteiger partial charge in [-0.2, -0.15) is 0 Å². The van der Waals surface area contributed by atoms with Crippen LogP contribution in [0.25, 0.3) is 10.4 Å². The van der Waals surface area contributed by atoms with Gasteiger partial charge in [0, 0.05) is 4.91 Å². The lowest BCUT2D eigenvalue weighted by Gasteiger charge is -2.09. The first-order chi connectivity index (χ1) is 6.67. The van der Waals surface area contributed by atoms with Gasteiger partial charge in [-0.3, -0.25) is 0 Å². The van der Waals surface area contributed by atoms with Crippen molar-refractivity contribution in [2.45, 2.75) is 19.9 Å². The largest absolute Gasteiger partial charge is 0.396 e. The summed E-state index contributed by atoms with van der Waals surface area (Å²) in [5, 5.41) is 12.6. The minimum absolute atomic E-state index is 0.160. The number of aliphatic hydroxyl groups is 1. The van der Waals surface area contributed by atoms with Crippen LogP contribution in [0.1, 0.15) is 22.7 Å². The van der Waals surface area contributed by atoms with Crippen molar-refractivity contribution in [2.24, 2.45) is 5.11 Å². The lowest BCUT2D eigenvalue weighted by Crippen LogP contribution is -2.00. The first kappa shape index (κ1) is 10.6. The number of azide groups is 1. The summed E-state index contributed by atoms with van der Waals surface area (Å²) < 4.78 is 0. The van der Waals surface area contributed by atoms with E-state index in [1.807, 2.05) is 32.0 Å². The minimum atomic E-state index is -0.474. The fraction of sp³-hybridized carbons (Fsp3) is 0.400. The van der Waals surface area contributed by atoms with Crippen LogP contribution >= 0.6 is 0 Å². The quantitative estimate of drug-likeness (QED) is 0.445. The molecule has 1 N–H and O–H groups in total. The molecule has 0 spiro atoms. The summed E-state index contributed by atoms with van der Waals surface area (Å²) in [5.74, 6) is 0. The van der Waals surface area contributed by atoms with Crippen molar-refractivity contribution in [3.05, 3.63) is 45.3 Å². The Morgan fingerprint density at radius 1 is 1.36 bits per heavy atom. The van der Waals surface area contributed by atoms with Gasteiger partial charge in [-0.1, -0.05) is 34.4 Å². The number of hydrogen-bond acceptors (Lipinski definition) is 2. The maximum Gasteiger partial charge on any atom is 0.0856 e. The van der Waals surface area contributed by atoms with Gasteiger partial charge in [0.25, 0.3) is 0 Å². The lowest BCUT2D eigenvalue weighted by molar-refractivity contribution is 0.268. The second-order valence-electron chi connectivity index (χ2n) is 3.32. The van der Waals surface area contributed by atoms with Crippen LogP contribution in [0.4, 0.5) is 0 Å². The van der Waals surface area contributed by atoms with Crippen LogP contribution in [0.2, 0.25) is 0 Å². The zero-order chi connectivity index (χ0) is 10.6. The topological polar surface area (TPSA) is 69.0 Å². The summed E-state index contributed by atoms with van der Waals surface area (Å²) in [6, 6.07) is 5.40. The lowest BCUT2D eigenvalue weighted by atomic mass is 10.0. The van der Waals surface area contributed by atoms with E-state index in [9.17, 15) is 0 Å². The highest BCUT2D eigenvalue weighted by Gasteiger charge is 2.08. The zero-order valence-corrected chi connectivity index (χ0v) is 8.31. The normalized spacial score (nSPS) is 11.9. The van der Waals surface area contributed by atoms with Gasteiger partial charge < -0.3 is 5.11 Å². The van der Waals surface area contributed by atoms with Crippen LogP contribution in [-0.2, 0) is 0 Å². The second kappa shape index (κ2) is 4.65. The monoisotopic (exact) mass is 191 g/mol. The van der Waals surface area contributed by atoms with E-state index in [-0.39, 0.29) is 6.61 Å². The minimum Gasteiger partial charge on any atom is -0.396 e. The maximum atomic E-state index is 9.03. The molecule has 0 fully saturated rings. The van der Waals surface area contributed by atoms with Gasteiger partial charge in [0.15, 0.2) is 0 Å². The van der Waals surface area contributed by atoms with Crippen LogP contribution in [0.3, 0.4) is 0 Å². The number of aryl methyl sites for hydroxylation is 2. The Hall–Kier alpha value is -1.51. The summed E-state index contributed by atoms with van der Waals surface area (Å²) in [6.45, 7) is 3.79. The van der Waals surface area contributed by atoms with E-state index in [2.05, 4.69) is 10.0 Å². The molecule has 1 rings (SSSR count). The van der Waals surface area contributed by atoms with E-state index in [4.69, 9.17) is 10.6 Å². The Kier molecular flexibility index (Phi) is 3.51. The fourth-order valence-electron chi connectivity index (χ4n) is 1.47. The number of hydrogen-bond donors (Lipinski definition) is 1. The Bertz CT molecular complexity index is 349. The highest BCUT2D eigenvalue weighted by Crippen LogP contribution is 2.19. The van der Waals surface area contributed by atoms with Crippen LogP contribution in [-0.4, -0.2) is 11.7 Å². The predicted octanol–water partition coefficient (Wildman–Crippen LogP) is 2.65. The van der Waals surface area contributed by atoms with Gasteiger partial charge in [-0.05, 0) is 24.9 Å². The number of benzene rings is 1. The zero-order valence-electron chi connectivity index (χ0n) is 8.31. The SMILES string of the molecule is Cc1cc(C)cc(C(CO)N=[N+]=[N-])c1. The maximum absolute atomic E-state index is 9.03. The van der Waals surface area contributed by atoms with E-state index >= 15 is 0 Å². The molecular weight excluding hydrogens is 178 g/mol. The van der Waals surface area contributed by atoms with Crippen LogP contribution in [0.5, 0.6) is 0 Å². The van der Waals surface area contributed by atoms with Crippen molar-refractivity contribution >= 4 is 0 Å². The van der Waals surface area contributed by atoms with Crippen molar-refractivity contribution in [3.8, 4) is 0 Å². The van der Waals surface area contributed by atoms with Gasteiger partial charge in [0.2, 0.25) is 0 Å². The van der Waals surface area contributed by atoms with Crippen molar-refractivity contribution in [3.63, 3.8) is 0 Å². The molecule has 0 bridgehead atoms. The molecule has 0 aliphatic heterocycles. The van der Waals surface area contributed by atoms with Gasteiger partial charge in [0.1, 0.15) is 0 Å². The molecule has 0 saturated heterocycles. The number of nitrogens with zero attached hydrogens (tertiary/aromatic N) is 3. The van der Waals surface area contributed by atoms with E-state index in [1.165, 1.54) is 0 Å². The molecular formula is C10H13N3O. The highest BCUT2D eigenvalue weighted by molar-refractivity contribution is 5.30. The Balaban J connectivity index is 3.09. The molecule has 1 aromatic carbocycles. The average Bonchev–Trinajstić information content (AvgIpc) is 2.12. The Morgan fingerprint density at radius 2 is 1.93 bits per heavy atom. The molecule has 1 aromatic rings. The summed E-state index contributed by atoms with van der Waals surface area (Å²) in [5.41, 5.74) is 11.4. The standard InChI is InChI=1S/C10H13N3O/c1-7-3-8(2)5-9(4-7)10(6-14)12-13-11/h3-5,10,14H,6H2,1-2H3. The highest BCUT2D eigenvalue weighted by atomic mass is 16.3. The van der Waals surface area contributed by atoms with Crippen molar-refractivity contribution in [1.82, 2.24) is 0 Å². The van der Waals surface area contributed by atoms with Crippen molar-refractivity contribution < 1.29 is 5.11 Å². The molecule has 0 amide bonds. The number of aliphatic hydroxyl groups excluding tert-OH is 1. The number of rotatable bonds is 3. The molecule has 14 heavy (non-hydrogen) atoms. The van der Waals surface area contributed by atoms with E-state index < -0.39 is 6.04 Å². The first-order valence-electron chi connectivity index (χ1n) is 4.40. The molecule has 1 atom stereocenters. The molecule has 0 heterocycles.